The summed E-state index contributed by atoms with van der Waals surface area (Å²) in [5.41, 5.74) is 1.72. The van der Waals surface area contributed by atoms with Crippen molar-refractivity contribution in [2.45, 2.75) is 33.4 Å². The normalized spacial score (nSPS) is 12.6. The van der Waals surface area contributed by atoms with Crippen LogP contribution in [0.25, 0.3) is 0 Å². The van der Waals surface area contributed by atoms with Crippen molar-refractivity contribution in [1.29, 1.82) is 0 Å². The second-order valence-corrected chi connectivity index (χ2v) is 3.44. The molecule has 78 valence electrons. The summed E-state index contributed by atoms with van der Waals surface area (Å²) in [4.78, 5) is 8.43. The number of nitrogens with one attached hydrogen (secondary N) is 1. The van der Waals surface area contributed by atoms with Crippen LogP contribution >= 0.6 is 0 Å². The highest BCUT2D eigenvalue weighted by Crippen LogP contribution is 2.08. The summed E-state index contributed by atoms with van der Waals surface area (Å²) in [5, 5.41) is 3.07. The Hall–Kier alpha value is -1.19. The average Bonchev–Trinajstić information content (AvgIpc) is 2.10. The maximum absolute atomic E-state index is 12.5. The molecule has 1 N–H and O–H groups in total. The van der Waals surface area contributed by atoms with Gasteiger partial charge < -0.3 is 5.32 Å². The van der Waals surface area contributed by atoms with Gasteiger partial charge in [-0.15, -0.1) is 0 Å². The van der Waals surface area contributed by atoms with Crippen molar-refractivity contribution in [3.8, 4) is 0 Å². The summed E-state index contributed by atoms with van der Waals surface area (Å²) in [6.07, 6.45) is 1.44. The number of anilines is 1. The second kappa shape index (κ2) is 4.88. The Kier molecular flexibility index (Phi) is 3.80. The van der Waals surface area contributed by atoms with Crippen molar-refractivity contribution in [2.24, 2.45) is 0 Å². The number of hydrogen-bond acceptors (Lipinski definition) is 3. The Morgan fingerprint density at radius 2 is 2.21 bits per heavy atom. The molecule has 0 amide bonds. The number of halogens is 1. The first-order valence-corrected chi connectivity index (χ1v) is 4.78. The van der Waals surface area contributed by atoms with Crippen LogP contribution in [-0.2, 0) is 0 Å². The van der Waals surface area contributed by atoms with E-state index in [1.807, 2.05) is 13.8 Å². The van der Waals surface area contributed by atoms with Gasteiger partial charge in [0.15, 0.2) is 0 Å². The highest BCUT2D eigenvalue weighted by molar-refractivity contribution is 5.39. The van der Waals surface area contributed by atoms with Gasteiger partial charge in [0.05, 0.1) is 17.6 Å². The maximum atomic E-state index is 12.5. The minimum atomic E-state index is -0.777. The quantitative estimate of drug-likeness (QED) is 0.804. The molecule has 1 unspecified atom stereocenters. The smallest absolute Gasteiger partial charge is 0.147 e. The average molecular weight is 197 g/mol. The molecule has 1 heterocycles. The first-order chi connectivity index (χ1) is 6.59. The van der Waals surface area contributed by atoms with E-state index in [1.165, 1.54) is 0 Å². The summed E-state index contributed by atoms with van der Waals surface area (Å²) in [6, 6.07) is 0. The first kappa shape index (κ1) is 10.9. The highest BCUT2D eigenvalue weighted by atomic mass is 19.1. The molecule has 0 bridgehead atoms. The molecular weight excluding hydrogens is 181 g/mol. The third-order valence-corrected chi connectivity index (χ3v) is 1.91. The van der Waals surface area contributed by atoms with Gasteiger partial charge in [-0.25, -0.2) is 9.37 Å². The highest BCUT2D eigenvalue weighted by Gasteiger charge is 2.02. The van der Waals surface area contributed by atoms with Gasteiger partial charge in [0, 0.05) is 12.7 Å². The zero-order chi connectivity index (χ0) is 10.6. The van der Waals surface area contributed by atoms with Gasteiger partial charge >= 0.3 is 0 Å². The van der Waals surface area contributed by atoms with Gasteiger partial charge in [-0.05, 0) is 27.2 Å². The van der Waals surface area contributed by atoms with Gasteiger partial charge in [-0.3, -0.25) is 4.98 Å². The zero-order valence-electron chi connectivity index (χ0n) is 8.84. The van der Waals surface area contributed by atoms with Gasteiger partial charge in [0.2, 0.25) is 0 Å². The Bertz CT molecular complexity index is 299. The number of nitrogens with zero attached hydrogens (tertiary/aromatic N) is 2. The van der Waals surface area contributed by atoms with E-state index < -0.39 is 6.17 Å². The molecule has 0 saturated carbocycles. The van der Waals surface area contributed by atoms with Crippen LogP contribution in [0.1, 0.15) is 24.7 Å². The van der Waals surface area contributed by atoms with Crippen molar-refractivity contribution in [1.82, 2.24) is 9.97 Å². The van der Waals surface area contributed by atoms with Crippen LogP contribution in [0.2, 0.25) is 0 Å². The van der Waals surface area contributed by atoms with E-state index in [0.717, 1.165) is 17.2 Å². The molecule has 0 aliphatic rings. The van der Waals surface area contributed by atoms with E-state index in [-0.39, 0.29) is 0 Å². The molecule has 4 heteroatoms. The first-order valence-electron chi connectivity index (χ1n) is 4.78. The SMILES string of the molecule is Cc1cnc(C)c(NCCC(C)F)n1. The molecule has 0 aliphatic heterocycles. The third kappa shape index (κ3) is 3.28. The molecule has 1 atom stereocenters. The summed E-state index contributed by atoms with van der Waals surface area (Å²) in [7, 11) is 0. The van der Waals surface area contributed by atoms with Gasteiger partial charge in [0.1, 0.15) is 5.82 Å². The number of alkyl halides is 1. The fraction of sp³-hybridized carbons (Fsp3) is 0.600. The molecule has 1 rings (SSSR count). The third-order valence-electron chi connectivity index (χ3n) is 1.91. The zero-order valence-corrected chi connectivity index (χ0v) is 8.84. The van der Waals surface area contributed by atoms with Crippen molar-refractivity contribution in [2.75, 3.05) is 11.9 Å². The standard InChI is InChI=1S/C10H16FN3/c1-7(11)4-5-12-10-9(3)13-6-8(2)14-10/h6-7H,4-5H2,1-3H3,(H,12,14). The number of hydrogen-bond donors (Lipinski definition) is 1. The molecule has 1 aromatic rings. The fourth-order valence-electron chi connectivity index (χ4n) is 1.09. The molecule has 3 nitrogen and oxygen atoms in total. The topological polar surface area (TPSA) is 37.8 Å². The molecule has 0 spiro atoms. The Morgan fingerprint density at radius 3 is 2.86 bits per heavy atom. The molecule has 1 aromatic heterocycles. The monoisotopic (exact) mass is 197 g/mol. The van der Waals surface area contributed by atoms with Crippen LogP contribution in [0.5, 0.6) is 0 Å². The van der Waals surface area contributed by atoms with Gasteiger partial charge in [-0.2, -0.15) is 0 Å². The lowest BCUT2D eigenvalue weighted by Gasteiger charge is -2.08. The number of rotatable bonds is 4. The molecule has 0 aromatic carbocycles. The van der Waals surface area contributed by atoms with E-state index in [2.05, 4.69) is 15.3 Å². The van der Waals surface area contributed by atoms with Crippen LogP contribution in [0, 0.1) is 13.8 Å². The van der Waals surface area contributed by atoms with Crippen LogP contribution in [0.4, 0.5) is 10.2 Å². The predicted octanol–water partition coefficient (Wildman–Crippen LogP) is 2.25. The van der Waals surface area contributed by atoms with E-state index in [0.29, 0.717) is 13.0 Å². The lowest BCUT2D eigenvalue weighted by molar-refractivity contribution is 0.348. The predicted molar refractivity (Wildman–Crippen MR) is 55.2 cm³/mol. The summed E-state index contributed by atoms with van der Waals surface area (Å²) < 4.78 is 12.5. The molecular formula is C10H16FN3. The molecule has 0 radical (unpaired) electrons. The molecule has 0 aliphatic carbocycles. The van der Waals surface area contributed by atoms with E-state index in [9.17, 15) is 4.39 Å². The van der Waals surface area contributed by atoms with Crippen molar-refractivity contribution < 1.29 is 4.39 Å². The molecule has 0 fully saturated rings. The largest absolute Gasteiger partial charge is 0.368 e. The van der Waals surface area contributed by atoms with Gasteiger partial charge in [0.25, 0.3) is 0 Å². The van der Waals surface area contributed by atoms with E-state index >= 15 is 0 Å². The number of aryl methyl sites for hydroxylation is 2. The number of aromatic nitrogens is 2. The van der Waals surface area contributed by atoms with Crippen molar-refractivity contribution >= 4 is 5.82 Å². The van der Waals surface area contributed by atoms with Crippen molar-refractivity contribution in [3.63, 3.8) is 0 Å². The minimum absolute atomic E-state index is 0.495. The molecule has 14 heavy (non-hydrogen) atoms. The van der Waals surface area contributed by atoms with E-state index in [1.54, 1.807) is 13.1 Å². The Labute approximate surface area is 83.8 Å². The van der Waals surface area contributed by atoms with Crippen LogP contribution < -0.4 is 5.32 Å². The summed E-state index contributed by atoms with van der Waals surface area (Å²) in [5.74, 6) is 0.755. The minimum Gasteiger partial charge on any atom is -0.368 e. The maximum Gasteiger partial charge on any atom is 0.147 e. The van der Waals surface area contributed by atoms with E-state index in [4.69, 9.17) is 0 Å². The van der Waals surface area contributed by atoms with Crippen LogP contribution in [0.3, 0.4) is 0 Å². The van der Waals surface area contributed by atoms with Gasteiger partial charge in [-0.1, -0.05) is 0 Å². The van der Waals surface area contributed by atoms with Crippen LogP contribution in [-0.4, -0.2) is 22.7 Å². The van der Waals surface area contributed by atoms with Crippen LogP contribution in [0.15, 0.2) is 6.20 Å². The molecule has 0 saturated heterocycles. The van der Waals surface area contributed by atoms with Crippen molar-refractivity contribution in [3.05, 3.63) is 17.6 Å². The summed E-state index contributed by atoms with van der Waals surface area (Å²) in [6.45, 7) is 5.91. The fourth-order valence-corrected chi connectivity index (χ4v) is 1.09. The Morgan fingerprint density at radius 1 is 1.50 bits per heavy atom. The second-order valence-electron chi connectivity index (χ2n) is 3.44. The Balaban J connectivity index is 2.53. The lowest BCUT2D eigenvalue weighted by atomic mass is 10.3. The lowest BCUT2D eigenvalue weighted by Crippen LogP contribution is -2.10. The summed E-state index contributed by atoms with van der Waals surface area (Å²) >= 11 is 0.